The average molecular weight is 264 g/mol. The number of hydrogen-bond acceptors (Lipinski definition) is 3. The van der Waals surface area contributed by atoms with E-state index in [1.54, 1.807) is 6.07 Å². The van der Waals surface area contributed by atoms with Crippen LogP contribution in [0.3, 0.4) is 0 Å². The van der Waals surface area contributed by atoms with Gasteiger partial charge in [0.1, 0.15) is 12.4 Å². The van der Waals surface area contributed by atoms with Gasteiger partial charge < -0.3 is 14.6 Å². The Morgan fingerprint density at radius 3 is 3.05 bits per heavy atom. The SMILES string of the molecule is OCC#Cc1cc(F)cc(COCC2CCCO2)c1. The highest BCUT2D eigenvalue weighted by Gasteiger charge is 2.15. The molecule has 102 valence electrons. The first-order chi connectivity index (χ1) is 9.28. The van der Waals surface area contributed by atoms with E-state index in [9.17, 15) is 4.39 Å². The molecule has 0 aromatic heterocycles. The lowest BCUT2D eigenvalue weighted by molar-refractivity contribution is 0.0105. The minimum Gasteiger partial charge on any atom is -0.384 e. The molecule has 2 rings (SSSR count). The van der Waals surface area contributed by atoms with E-state index >= 15 is 0 Å². The van der Waals surface area contributed by atoms with Gasteiger partial charge in [-0.2, -0.15) is 0 Å². The summed E-state index contributed by atoms with van der Waals surface area (Å²) in [4.78, 5) is 0. The molecule has 0 aliphatic carbocycles. The van der Waals surface area contributed by atoms with Crippen LogP contribution in [0.1, 0.15) is 24.0 Å². The van der Waals surface area contributed by atoms with Gasteiger partial charge in [-0.15, -0.1) is 0 Å². The van der Waals surface area contributed by atoms with Crippen molar-refractivity contribution in [1.82, 2.24) is 0 Å². The highest BCUT2D eigenvalue weighted by molar-refractivity contribution is 5.37. The number of aliphatic hydroxyl groups excluding tert-OH is 1. The van der Waals surface area contributed by atoms with Gasteiger partial charge in [-0.05, 0) is 36.6 Å². The summed E-state index contributed by atoms with van der Waals surface area (Å²) in [6, 6.07) is 4.53. The molecule has 3 nitrogen and oxygen atoms in total. The van der Waals surface area contributed by atoms with Crippen molar-refractivity contribution in [3.05, 3.63) is 35.1 Å². The summed E-state index contributed by atoms with van der Waals surface area (Å²) in [6.45, 7) is 1.44. The number of benzene rings is 1. The molecule has 0 bridgehead atoms. The molecule has 1 N–H and O–H groups in total. The van der Waals surface area contributed by atoms with Crippen LogP contribution in [-0.4, -0.2) is 31.0 Å². The summed E-state index contributed by atoms with van der Waals surface area (Å²) in [5.41, 5.74) is 1.28. The topological polar surface area (TPSA) is 38.7 Å². The first-order valence-corrected chi connectivity index (χ1v) is 6.36. The summed E-state index contributed by atoms with van der Waals surface area (Å²) in [6.07, 6.45) is 2.27. The van der Waals surface area contributed by atoms with Gasteiger partial charge in [-0.25, -0.2) is 4.39 Å². The lowest BCUT2D eigenvalue weighted by Crippen LogP contribution is -2.13. The molecule has 4 heteroatoms. The largest absolute Gasteiger partial charge is 0.384 e. The predicted molar refractivity (Wildman–Crippen MR) is 69.0 cm³/mol. The van der Waals surface area contributed by atoms with Crippen LogP contribution in [-0.2, 0) is 16.1 Å². The van der Waals surface area contributed by atoms with E-state index in [1.807, 2.05) is 0 Å². The van der Waals surface area contributed by atoms with E-state index in [-0.39, 0.29) is 18.5 Å². The van der Waals surface area contributed by atoms with Crippen LogP contribution in [0.2, 0.25) is 0 Å². The molecular formula is C15H17FO3. The second-order valence-corrected chi connectivity index (χ2v) is 4.46. The van der Waals surface area contributed by atoms with Crippen LogP contribution in [0.5, 0.6) is 0 Å². The minimum atomic E-state index is -0.347. The zero-order chi connectivity index (χ0) is 13.5. The molecule has 0 saturated carbocycles. The molecular weight excluding hydrogens is 247 g/mol. The molecule has 1 atom stereocenters. The molecule has 1 aliphatic heterocycles. The van der Waals surface area contributed by atoms with Crippen molar-refractivity contribution < 1.29 is 19.0 Å². The standard InChI is InChI=1S/C15H17FO3/c16-14-8-12(3-1-5-17)7-13(9-14)10-18-11-15-4-2-6-19-15/h7-9,15,17H,2,4-6,10-11H2. The molecule has 1 heterocycles. The minimum absolute atomic E-state index is 0.169. The summed E-state index contributed by atoms with van der Waals surface area (Å²) in [5, 5.41) is 8.62. The van der Waals surface area contributed by atoms with E-state index in [0.29, 0.717) is 18.8 Å². The van der Waals surface area contributed by atoms with Crippen LogP contribution in [0.25, 0.3) is 0 Å². The smallest absolute Gasteiger partial charge is 0.124 e. The Morgan fingerprint density at radius 2 is 2.32 bits per heavy atom. The Balaban J connectivity index is 1.89. The molecule has 1 aliphatic rings. The van der Waals surface area contributed by atoms with Crippen LogP contribution < -0.4 is 0 Å². The van der Waals surface area contributed by atoms with E-state index < -0.39 is 0 Å². The first kappa shape index (κ1) is 14.0. The van der Waals surface area contributed by atoms with Crippen molar-refractivity contribution in [3.8, 4) is 11.8 Å². The third-order valence-corrected chi connectivity index (χ3v) is 2.87. The predicted octanol–water partition coefficient (Wildman–Crippen LogP) is 1.87. The van der Waals surface area contributed by atoms with Gasteiger partial charge in [0.05, 0.1) is 19.3 Å². The quantitative estimate of drug-likeness (QED) is 0.844. The van der Waals surface area contributed by atoms with E-state index in [2.05, 4.69) is 11.8 Å². The maximum atomic E-state index is 13.4. The van der Waals surface area contributed by atoms with Gasteiger partial charge in [0.2, 0.25) is 0 Å². The Bertz CT molecular complexity index is 470. The second kappa shape index (κ2) is 7.25. The van der Waals surface area contributed by atoms with Gasteiger partial charge >= 0.3 is 0 Å². The molecule has 0 amide bonds. The summed E-state index contributed by atoms with van der Waals surface area (Å²) < 4.78 is 24.3. The second-order valence-electron chi connectivity index (χ2n) is 4.46. The van der Waals surface area contributed by atoms with E-state index in [1.165, 1.54) is 12.1 Å². The molecule has 1 aromatic carbocycles. The lowest BCUT2D eigenvalue weighted by Gasteiger charge is -2.10. The normalized spacial score (nSPS) is 18.1. The van der Waals surface area contributed by atoms with Crippen molar-refractivity contribution in [1.29, 1.82) is 0 Å². The zero-order valence-electron chi connectivity index (χ0n) is 10.7. The van der Waals surface area contributed by atoms with Gasteiger partial charge in [-0.3, -0.25) is 0 Å². The van der Waals surface area contributed by atoms with Crippen LogP contribution >= 0.6 is 0 Å². The lowest BCUT2D eigenvalue weighted by atomic mass is 10.1. The molecule has 0 spiro atoms. The molecule has 1 unspecified atom stereocenters. The maximum absolute atomic E-state index is 13.4. The molecule has 0 radical (unpaired) electrons. The highest BCUT2D eigenvalue weighted by Crippen LogP contribution is 2.14. The zero-order valence-corrected chi connectivity index (χ0v) is 10.7. The summed E-state index contributed by atoms with van der Waals surface area (Å²) >= 11 is 0. The highest BCUT2D eigenvalue weighted by atomic mass is 19.1. The van der Waals surface area contributed by atoms with Gasteiger partial charge in [0.25, 0.3) is 0 Å². The van der Waals surface area contributed by atoms with Crippen molar-refractivity contribution in [2.45, 2.75) is 25.6 Å². The van der Waals surface area contributed by atoms with E-state index in [4.69, 9.17) is 14.6 Å². The Morgan fingerprint density at radius 1 is 1.42 bits per heavy atom. The van der Waals surface area contributed by atoms with Crippen molar-refractivity contribution >= 4 is 0 Å². The van der Waals surface area contributed by atoms with Crippen molar-refractivity contribution in [2.75, 3.05) is 19.8 Å². The number of halogens is 1. The monoisotopic (exact) mass is 264 g/mol. The summed E-state index contributed by atoms with van der Waals surface area (Å²) in [5.74, 6) is 4.84. The molecule has 1 aromatic rings. The van der Waals surface area contributed by atoms with Crippen LogP contribution in [0.15, 0.2) is 18.2 Å². The van der Waals surface area contributed by atoms with Crippen LogP contribution in [0, 0.1) is 17.7 Å². The number of hydrogen-bond donors (Lipinski definition) is 1. The van der Waals surface area contributed by atoms with Crippen molar-refractivity contribution in [2.24, 2.45) is 0 Å². The van der Waals surface area contributed by atoms with Crippen LogP contribution in [0.4, 0.5) is 4.39 Å². The fraction of sp³-hybridized carbons (Fsp3) is 0.467. The first-order valence-electron chi connectivity index (χ1n) is 6.36. The molecule has 1 saturated heterocycles. The van der Waals surface area contributed by atoms with Crippen molar-refractivity contribution in [3.63, 3.8) is 0 Å². The van der Waals surface area contributed by atoms with Gasteiger partial charge in [0, 0.05) is 12.2 Å². The Labute approximate surface area is 112 Å². The fourth-order valence-electron chi connectivity index (χ4n) is 2.03. The third kappa shape index (κ3) is 4.64. The maximum Gasteiger partial charge on any atom is 0.124 e. The molecule has 1 fully saturated rings. The molecule has 19 heavy (non-hydrogen) atoms. The Hall–Kier alpha value is -1.41. The van der Waals surface area contributed by atoms with E-state index in [0.717, 1.165) is 25.0 Å². The van der Waals surface area contributed by atoms with Gasteiger partial charge in [-0.1, -0.05) is 11.8 Å². The Kier molecular flexibility index (Phi) is 5.34. The fourth-order valence-corrected chi connectivity index (χ4v) is 2.03. The van der Waals surface area contributed by atoms with Gasteiger partial charge in [0.15, 0.2) is 0 Å². The summed E-state index contributed by atoms with van der Waals surface area (Å²) in [7, 11) is 0. The third-order valence-electron chi connectivity index (χ3n) is 2.87. The number of rotatable bonds is 4. The number of ether oxygens (including phenoxy) is 2. The number of aliphatic hydroxyl groups is 1. The average Bonchev–Trinajstić information content (AvgIpc) is 2.89.